The first-order valence-electron chi connectivity index (χ1n) is 13.1. The summed E-state index contributed by atoms with van der Waals surface area (Å²) in [6, 6.07) is 16.3. The largest absolute Gasteiger partial charge is 0.490 e. The minimum absolute atomic E-state index is 0.172. The predicted molar refractivity (Wildman–Crippen MR) is 148 cm³/mol. The van der Waals surface area contributed by atoms with Gasteiger partial charge in [0.15, 0.2) is 0 Å². The molecule has 1 aromatic heterocycles. The second kappa shape index (κ2) is 16.5. The highest BCUT2D eigenvalue weighted by atomic mass is 19.4. The fraction of sp³-hybridized carbons (Fsp3) is 0.333. The van der Waals surface area contributed by atoms with E-state index in [0.29, 0.717) is 0 Å². The molecule has 2 aromatic carbocycles. The number of aromatic amines is 1. The van der Waals surface area contributed by atoms with Crippen molar-refractivity contribution in [3.8, 4) is 11.1 Å². The number of alkyl halides is 6. The summed E-state index contributed by atoms with van der Waals surface area (Å²) in [5.41, 5.74) is 8.97. The van der Waals surface area contributed by atoms with Crippen molar-refractivity contribution in [3.63, 3.8) is 0 Å². The molecule has 0 amide bonds. The number of benzene rings is 2. The summed E-state index contributed by atoms with van der Waals surface area (Å²) in [6.45, 7) is 3.95. The highest BCUT2D eigenvalue weighted by Crippen LogP contribution is 2.24. The average molecular weight is 669 g/mol. The van der Waals surface area contributed by atoms with Crippen LogP contribution in [0.4, 0.5) is 40.8 Å². The van der Waals surface area contributed by atoms with Crippen LogP contribution < -0.4 is 21.6 Å². The van der Waals surface area contributed by atoms with E-state index in [4.69, 9.17) is 25.5 Å². The monoisotopic (exact) mass is 668 g/mol. The third kappa shape index (κ3) is 11.6. The first kappa shape index (κ1) is 37.4. The molecule has 46 heavy (non-hydrogen) atoms. The average Bonchev–Trinajstić information content (AvgIpc) is 3.34. The summed E-state index contributed by atoms with van der Waals surface area (Å²) in [4.78, 5) is 32.3. The number of H-pyrrole nitrogens is 1. The van der Waals surface area contributed by atoms with E-state index < -0.39 is 36.1 Å². The van der Waals surface area contributed by atoms with Gasteiger partial charge in [-0.1, -0.05) is 36.4 Å². The van der Waals surface area contributed by atoms with Gasteiger partial charge in [-0.3, -0.25) is 4.57 Å². The third-order valence-electron chi connectivity index (χ3n) is 6.18. The summed E-state index contributed by atoms with van der Waals surface area (Å²) in [6.07, 6.45) is -12.2. The minimum Gasteiger partial charge on any atom is -0.475 e. The lowest BCUT2D eigenvalue weighted by Gasteiger charge is -2.29. The van der Waals surface area contributed by atoms with Gasteiger partial charge in [0, 0.05) is 50.4 Å². The molecule has 1 fully saturated rings. The number of nitrogens with two attached hydrogens (primary N) is 1. The Morgan fingerprint density at radius 1 is 0.848 bits per heavy atom. The summed E-state index contributed by atoms with van der Waals surface area (Å²) in [5.74, 6) is -5.28. The van der Waals surface area contributed by atoms with Crippen molar-refractivity contribution < 1.29 is 54.9 Å². The molecule has 0 bridgehead atoms. The number of hydrogen-bond donors (Lipinski definition) is 5. The van der Waals surface area contributed by atoms with Gasteiger partial charge in [-0.25, -0.2) is 19.5 Å². The van der Waals surface area contributed by atoms with Gasteiger partial charge in [-0.2, -0.15) is 40.2 Å². The number of anilines is 1. The van der Waals surface area contributed by atoms with E-state index in [1.54, 1.807) is 0 Å². The lowest BCUT2D eigenvalue weighted by atomic mass is 10.0. The molecule has 0 atom stereocenters. The number of nitrogens with zero attached hydrogens (tertiary/aromatic N) is 3. The van der Waals surface area contributed by atoms with E-state index in [-0.39, 0.29) is 30.9 Å². The van der Waals surface area contributed by atoms with Gasteiger partial charge in [-0.15, -0.1) is 0 Å². The molecule has 1 aliphatic heterocycles. The second-order valence-corrected chi connectivity index (χ2v) is 9.36. The molecule has 4 rings (SSSR count). The van der Waals surface area contributed by atoms with Crippen LogP contribution in [0.3, 0.4) is 0 Å². The molecule has 2 heterocycles. The Morgan fingerprint density at radius 2 is 1.30 bits per heavy atom. The van der Waals surface area contributed by atoms with Gasteiger partial charge in [0.2, 0.25) is 0 Å². The fourth-order valence-corrected chi connectivity index (χ4v) is 3.83. The number of carboxylic acid groups (broad SMARTS) is 2. The Hall–Kier alpha value is -4.78. The Balaban J connectivity index is 0.000000440. The number of halogens is 8. The van der Waals surface area contributed by atoms with Crippen molar-refractivity contribution in [2.24, 2.45) is 5.73 Å². The molecule has 0 saturated carbocycles. The van der Waals surface area contributed by atoms with Crippen LogP contribution in [0.15, 0.2) is 65.0 Å². The van der Waals surface area contributed by atoms with Gasteiger partial charge < -0.3 is 26.2 Å². The van der Waals surface area contributed by atoms with Crippen LogP contribution in [0, 0.1) is 0 Å². The Bertz CT molecular complexity index is 1500. The quantitative estimate of drug-likeness (QED) is 0.237. The maximum Gasteiger partial charge on any atom is 0.490 e. The topological polar surface area (TPSA) is 167 Å². The first-order valence-corrected chi connectivity index (χ1v) is 13.1. The zero-order valence-corrected chi connectivity index (χ0v) is 23.6. The molecule has 1 aliphatic rings. The summed E-state index contributed by atoms with van der Waals surface area (Å²) >= 11 is 0. The number of rotatable bonds is 7. The molecule has 3 aromatic rings. The molecule has 0 radical (unpaired) electrons. The predicted octanol–water partition coefficient (Wildman–Crippen LogP) is 3.61. The van der Waals surface area contributed by atoms with E-state index in [1.807, 2.05) is 24.3 Å². The van der Waals surface area contributed by atoms with Gasteiger partial charge in [0.1, 0.15) is 5.82 Å². The number of nitrogens with one attached hydrogen (secondary N) is 2. The van der Waals surface area contributed by atoms with E-state index >= 15 is 0 Å². The molecule has 1 saturated heterocycles. The van der Waals surface area contributed by atoms with E-state index in [0.717, 1.165) is 42.9 Å². The van der Waals surface area contributed by atoms with Crippen molar-refractivity contribution in [1.82, 2.24) is 20.1 Å². The zero-order valence-electron chi connectivity index (χ0n) is 23.6. The molecule has 11 nitrogen and oxygen atoms in total. The summed E-state index contributed by atoms with van der Waals surface area (Å²) < 4.78 is 90.7. The Labute approximate surface area is 254 Å². The van der Waals surface area contributed by atoms with E-state index in [9.17, 15) is 39.9 Å². The zero-order chi connectivity index (χ0) is 34.7. The number of piperazine rings is 1. The van der Waals surface area contributed by atoms with Crippen LogP contribution in [-0.4, -0.2) is 82.0 Å². The van der Waals surface area contributed by atoms with Crippen LogP contribution in [0.25, 0.3) is 11.1 Å². The van der Waals surface area contributed by atoms with Crippen molar-refractivity contribution >= 4 is 17.6 Å². The van der Waals surface area contributed by atoms with E-state index in [1.165, 1.54) is 10.3 Å². The lowest BCUT2D eigenvalue weighted by molar-refractivity contribution is -0.193. The van der Waals surface area contributed by atoms with Crippen molar-refractivity contribution in [1.29, 1.82) is 0 Å². The number of hydrogen-bond acceptors (Lipinski definition) is 7. The number of carbonyl (C=O) groups is 2. The Morgan fingerprint density at radius 3 is 1.72 bits per heavy atom. The highest BCUT2D eigenvalue weighted by Gasteiger charge is 2.38. The Kier molecular flexibility index (Phi) is 13.4. The van der Waals surface area contributed by atoms with Crippen LogP contribution in [-0.2, 0) is 22.6 Å². The maximum absolute atomic E-state index is 13.0. The molecule has 19 heteroatoms. The normalized spacial score (nSPS) is 13.1. The molecule has 6 N–H and O–H groups in total. The third-order valence-corrected chi connectivity index (χ3v) is 6.18. The number of aliphatic carboxylic acids is 2. The number of aromatic nitrogens is 3. The van der Waals surface area contributed by atoms with Crippen molar-refractivity contribution in [3.05, 3.63) is 82.1 Å². The van der Waals surface area contributed by atoms with Crippen LogP contribution >= 0.6 is 0 Å². The highest BCUT2D eigenvalue weighted by molar-refractivity contribution is 5.73. The van der Waals surface area contributed by atoms with E-state index in [2.05, 4.69) is 44.7 Å². The smallest absolute Gasteiger partial charge is 0.475 e. The minimum atomic E-state index is -5.08. The molecular weight excluding hydrogens is 640 g/mol. The van der Waals surface area contributed by atoms with Gasteiger partial charge in [0.05, 0.1) is 6.54 Å². The van der Waals surface area contributed by atoms with Gasteiger partial charge in [0.25, 0.3) is 6.08 Å². The van der Waals surface area contributed by atoms with Crippen molar-refractivity contribution in [2.75, 3.05) is 37.6 Å². The van der Waals surface area contributed by atoms with Crippen LogP contribution in [0.5, 0.6) is 0 Å². The standard InChI is InChI=1S/C23H26F2N6O.2C2HF3O2/c24-22(25)19(14-26)13-21-28-29-23(32)31(21)15-16-1-3-17(4-2-16)18-5-7-20(8-6-18)30-11-9-27-10-12-30;2*3-2(4,5)1(6)7/h1-8,27H,9-15,26H2,(H,29,32);2*(H,6,7). The van der Waals surface area contributed by atoms with Gasteiger partial charge in [-0.05, 0) is 28.8 Å². The maximum atomic E-state index is 13.0. The molecule has 0 spiro atoms. The second-order valence-electron chi connectivity index (χ2n) is 9.36. The van der Waals surface area contributed by atoms with Crippen LogP contribution in [0.1, 0.15) is 11.4 Å². The van der Waals surface area contributed by atoms with Gasteiger partial charge >= 0.3 is 30.0 Å². The molecule has 0 unspecified atom stereocenters. The molecule has 252 valence electrons. The van der Waals surface area contributed by atoms with Crippen molar-refractivity contribution in [2.45, 2.75) is 25.3 Å². The van der Waals surface area contributed by atoms with Crippen LogP contribution in [0.2, 0.25) is 0 Å². The summed E-state index contributed by atoms with van der Waals surface area (Å²) in [7, 11) is 0. The SMILES string of the molecule is NCC(Cc1n[nH]c(=O)n1Cc1ccc(-c2ccc(N3CCNCC3)cc2)cc1)=C(F)F.O=C(O)C(F)(F)F.O=C(O)C(F)(F)F. The number of carboxylic acids is 2. The lowest BCUT2D eigenvalue weighted by Crippen LogP contribution is -2.43. The fourth-order valence-electron chi connectivity index (χ4n) is 3.83. The summed E-state index contributed by atoms with van der Waals surface area (Å²) in [5, 5.41) is 23.8. The molecule has 0 aliphatic carbocycles. The molecular formula is C27H28F8N6O5. The first-order chi connectivity index (χ1) is 21.4.